The van der Waals surface area contributed by atoms with Gasteiger partial charge in [-0.1, -0.05) is 0 Å². The zero-order valence-corrected chi connectivity index (χ0v) is 22.1. The first-order chi connectivity index (χ1) is 15.5. The first-order valence-electron chi connectivity index (χ1n) is 10.8. The van der Waals surface area contributed by atoms with Crippen molar-refractivity contribution in [3.8, 4) is 0 Å². The molecule has 1 aliphatic carbocycles. The molecule has 11 nitrogen and oxygen atoms in total. The number of quaternary nitrogens is 1. The minimum absolute atomic E-state index is 0. The van der Waals surface area contributed by atoms with Gasteiger partial charge in [0.15, 0.2) is 24.6 Å². The van der Waals surface area contributed by atoms with Crippen LogP contribution in [-0.2, 0) is 47.6 Å². The molecule has 0 amide bonds. The fraction of sp³-hybridized carbons (Fsp3) is 0.810. The largest absolute Gasteiger partial charge is 1.00 e. The number of alkyl halides is 1. The van der Waals surface area contributed by atoms with Crippen LogP contribution in [-0.4, -0.2) is 98.7 Å². The van der Waals surface area contributed by atoms with Crippen molar-refractivity contribution in [2.45, 2.75) is 77.3 Å². The van der Waals surface area contributed by atoms with Crippen LogP contribution in [0.2, 0.25) is 0 Å². The Bertz CT molecular complexity index is 736. The summed E-state index contributed by atoms with van der Waals surface area (Å²) in [5.74, 6) is -2.76. The highest BCUT2D eigenvalue weighted by molar-refractivity contribution is 5.68. The van der Waals surface area contributed by atoms with Gasteiger partial charge in [0.05, 0.1) is 19.7 Å². The summed E-state index contributed by atoms with van der Waals surface area (Å²) in [6, 6.07) is 0.217. The van der Waals surface area contributed by atoms with Crippen LogP contribution in [0.15, 0.2) is 0 Å². The van der Waals surface area contributed by atoms with Crippen molar-refractivity contribution < 1.29 is 80.4 Å². The van der Waals surface area contributed by atoms with Gasteiger partial charge in [0.1, 0.15) is 19.3 Å². The summed E-state index contributed by atoms with van der Waals surface area (Å²) >= 11 is 0. The van der Waals surface area contributed by atoms with Gasteiger partial charge in [0.2, 0.25) is 6.80 Å². The molecule has 1 heterocycles. The third kappa shape index (κ3) is 8.89. The highest BCUT2D eigenvalue weighted by atomic mass is 127. The maximum Gasteiger partial charge on any atom is 0.303 e. The molecule has 13 heteroatoms. The third-order valence-corrected chi connectivity index (χ3v) is 5.53. The summed E-state index contributed by atoms with van der Waals surface area (Å²) in [5.41, 5.74) is 0. The van der Waals surface area contributed by atoms with Gasteiger partial charge >= 0.3 is 23.9 Å². The first kappa shape index (κ1) is 30.5. The minimum Gasteiger partial charge on any atom is -1.00 e. The number of likely N-dealkylation sites (N-methyl/N-ethyl adjacent to an activating group) is 1. The molecule has 196 valence electrons. The fourth-order valence-electron chi connectivity index (χ4n) is 3.74. The number of nitrogens with zero attached hydrogens (tertiary/aromatic N) is 1. The summed E-state index contributed by atoms with van der Waals surface area (Å²) in [7, 11) is 1.79. The van der Waals surface area contributed by atoms with Crippen LogP contribution in [0.5, 0.6) is 0 Å². The minimum atomic E-state index is -1.29. The number of hydrogen-bond acceptors (Lipinski definition) is 10. The molecule has 0 bridgehead atoms. The maximum absolute atomic E-state index is 13.6. The number of carbonyl (C=O) groups excluding carboxylic acids is 4. The van der Waals surface area contributed by atoms with Crippen molar-refractivity contribution in [1.29, 1.82) is 0 Å². The highest BCUT2D eigenvalue weighted by Gasteiger charge is 2.53. The molecular formula is C21H33FINO10. The summed E-state index contributed by atoms with van der Waals surface area (Å²) in [4.78, 5) is 46.7. The van der Waals surface area contributed by atoms with Crippen LogP contribution in [0.4, 0.5) is 4.39 Å². The zero-order chi connectivity index (χ0) is 24.8. The van der Waals surface area contributed by atoms with Crippen LogP contribution in [0, 0.1) is 0 Å². The molecule has 1 saturated heterocycles. The Morgan fingerprint density at radius 2 is 1.41 bits per heavy atom. The summed E-state index contributed by atoms with van der Waals surface area (Å²) in [6.07, 6.45) is -4.29. The van der Waals surface area contributed by atoms with Gasteiger partial charge < -0.3 is 52.4 Å². The third-order valence-electron chi connectivity index (χ3n) is 5.53. The Morgan fingerprint density at radius 1 is 0.882 bits per heavy atom. The maximum atomic E-state index is 13.6. The predicted molar refractivity (Wildman–Crippen MR) is 108 cm³/mol. The smallest absolute Gasteiger partial charge is 0.303 e. The molecule has 2 fully saturated rings. The molecule has 0 radical (unpaired) electrons. The Labute approximate surface area is 215 Å². The van der Waals surface area contributed by atoms with Crippen molar-refractivity contribution in [2.24, 2.45) is 0 Å². The summed E-state index contributed by atoms with van der Waals surface area (Å²) in [5, 5.41) is 0. The van der Waals surface area contributed by atoms with Gasteiger partial charge in [-0.3, -0.25) is 23.7 Å². The molecule has 0 N–H and O–H groups in total. The molecule has 0 spiro atoms. The van der Waals surface area contributed by atoms with E-state index in [-0.39, 0.29) is 47.7 Å². The van der Waals surface area contributed by atoms with Gasteiger partial charge in [0.25, 0.3) is 0 Å². The standard InChI is InChI=1S/C21H33FNO10.HI/c1-12(24)29-10-17-18(30-13(2)25)19(31-14(3)26)20(32-15(4)27)21(33-17)28-9-8-23(5,11-22)16-6-7-16;/h16-21H,6-11H2,1-5H3;1H/q+1;/p-1/t17-,18-,19+,20-,21-,23?;/m1./s1. The van der Waals surface area contributed by atoms with E-state index in [9.17, 15) is 23.6 Å². The highest BCUT2D eigenvalue weighted by Crippen LogP contribution is 2.33. The Balaban J connectivity index is 0.00000578. The van der Waals surface area contributed by atoms with E-state index in [1.54, 1.807) is 7.05 Å². The van der Waals surface area contributed by atoms with Gasteiger partial charge in [-0.2, -0.15) is 4.39 Å². The molecule has 0 aromatic rings. The second kappa shape index (κ2) is 13.5. The van der Waals surface area contributed by atoms with E-state index in [4.69, 9.17) is 28.4 Å². The SMILES string of the molecule is CC(=O)OC[C@H]1O[C@@H](OCC[N+](C)(CF)C2CC2)[C@H](OC(C)=O)[C@@H](OC(C)=O)[C@@H]1OC(C)=O.[I-]. The number of halogens is 2. The molecule has 1 aliphatic heterocycles. The molecule has 1 saturated carbocycles. The van der Waals surface area contributed by atoms with Crippen molar-refractivity contribution in [2.75, 3.05) is 33.6 Å². The monoisotopic (exact) mass is 605 g/mol. The number of hydrogen-bond donors (Lipinski definition) is 0. The van der Waals surface area contributed by atoms with E-state index in [0.29, 0.717) is 6.54 Å². The lowest BCUT2D eigenvalue weighted by Crippen LogP contribution is -3.00. The first-order valence-corrected chi connectivity index (χ1v) is 10.8. The Hall–Kier alpha value is -1.58. The number of rotatable bonds is 11. The van der Waals surface area contributed by atoms with Crippen LogP contribution in [0.25, 0.3) is 0 Å². The van der Waals surface area contributed by atoms with Crippen LogP contribution < -0.4 is 24.0 Å². The van der Waals surface area contributed by atoms with Crippen molar-refractivity contribution in [1.82, 2.24) is 0 Å². The van der Waals surface area contributed by atoms with Crippen molar-refractivity contribution in [3.63, 3.8) is 0 Å². The molecule has 0 aromatic carbocycles. The Kier molecular flexibility index (Phi) is 12.1. The average Bonchev–Trinajstić information content (AvgIpc) is 3.55. The second-order valence-corrected chi connectivity index (χ2v) is 8.49. The average molecular weight is 605 g/mol. The van der Waals surface area contributed by atoms with Gasteiger partial charge in [-0.25, -0.2) is 0 Å². The lowest BCUT2D eigenvalue weighted by molar-refractivity contribution is -0.932. The van der Waals surface area contributed by atoms with Gasteiger partial charge in [0, 0.05) is 40.5 Å². The van der Waals surface area contributed by atoms with E-state index < -0.39 is 61.4 Å². The van der Waals surface area contributed by atoms with Crippen molar-refractivity contribution in [3.05, 3.63) is 0 Å². The van der Waals surface area contributed by atoms with E-state index >= 15 is 0 Å². The molecule has 2 aliphatic rings. The van der Waals surface area contributed by atoms with Gasteiger partial charge in [-0.15, -0.1) is 0 Å². The molecule has 34 heavy (non-hydrogen) atoms. The molecule has 6 atom stereocenters. The number of carbonyl (C=O) groups is 4. The van der Waals surface area contributed by atoms with Crippen LogP contribution in [0.3, 0.4) is 0 Å². The van der Waals surface area contributed by atoms with Gasteiger partial charge in [-0.05, 0) is 0 Å². The van der Waals surface area contributed by atoms with Crippen molar-refractivity contribution >= 4 is 23.9 Å². The molecule has 0 aromatic heterocycles. The van der Waals surface area contributed by atoms with E-state index in [1.165, 1.54) is 6.92 Å². The molecular weight excluding hydrogens is 572 g/mol. The quantitative estimate of drug-likeness (QED) is 0.0831. The topological polar surface area (TPSA) is 124 Å². The fourth-order valence-corrected chi connectivity index (χ4v) is 3.74. The lowest BCUT2D eigenvalue weighted by atomic mass is 9.98. The van der Waals surface area contributed by atoms with E-state index in [0.717, 1.165) is 33.6 Å². The second-order valence-electron chi connectivity index (χ2n) is 8.49. The molecule has 1 unspecified atom stereocenters. The number of esters is 4. The summed E-state index contributed by atoms with van der Waals surface area (Å²) in [6.45, 7) is 4.10. The molecule has 2 rings (SSSR count). The van der Waals surface area contributed by atoms with E-state index in [1.807, 2.05) is 0 Å². The Morgan fingerprint density at radius 3 is 1.88 bits per heavy atom. The van der Waals surface area contributed by atoms with E-state index in [2.05, 4.69) is 0 Å². The van der Waals surface area contributed by atoms with Crippen LogP contribution in [0.1, 0.15) is 40.5 Å². The number of ether oxygens (including phenoxy) is 6. The zero-order valence-electron chi connectivity index (χ0n) is 20.0. The predicted octanol–water partition coefficient (Wildman–Crippen LogP) is -2.37. The lowest BCUT2D eigenvalue weighted by Gasteiger charge is -2.44. The normalized spacial score (nSPS) is 28.0. The van der Waals surface area contributed by atoms with Crippen LogP contribution >= 0.6 is 0 Å². The summed E-state index contributed by atoms with van der Waals surface area (Å²) < 4.78 is 46.5.